The van der Waals surface area contributed by atoms with Crippen molar-refractivity contribution in [2.75, 3.05) is 24.7 Å². The number of nitrogens with zero attached hydrogens (tertiary/aromatic N) is 1. The Bertz CT molecular complexity index is 1210. The number of rotatable bonds is 7. The number of carbonyl (C=O) groups excluding carboxylic acids is 2. The molecule has 0 fully saturated rings. The molecule has 0 radical (unpaired) electrons. The summed E-state index contributed by atoms with van der Waals surface area (Å²) in [5.41, 5.74) is 2.43. The molecule has 3 amide bonds. The van der Waals surface area contributed by atoms with Gasteiger partial charge in [0.15, 0.2) is 0 Å². The Hall–Kier alpha value is -3.69. The monoisotopic (exact) mass is 466 g/mol. The van der Waals surface area contributed by atoms with E-state index in [2.05, 4.69) is 16.0 Å². The smallest absolute Gasteiger partial charge is 0.323 e. The Balaban J connectivity index is 1.58. The van der Waals surface area contributed by atoms with Gasteiger partial charge in [0.05, 0.1) is 10.9 Å². The summed E-state index contributed by atoms with van der Waals surface area (Å²) in [6.45, 7) is 1.82. The van der Waals surface area contributed by atoms with Gasteiger partial charge in [0, 0.05) is 31.0 Å². The Labute approximate surface area is 193 Å². The van der Waals surface area contributed by atoms with Crippen molar-refractivity contribution in [3.8, 4) is 0 Å². The van der Waals surface area contributed by atoms with Crippen molar-refractivity contribution >= 4 is 33.3 Å². The van der Waals surface area contributed by atoms with Gasteiger partial charge < -0.3 is 16.0 Å². The fourth-order valence-corrected chi connectivity index (χ4v) is 3.92. The van der Waals surface area contributed by atoms with Crippen molar-refractivity contribution in [1.82, 2.24) is 9.62 Å². The van der Waals surface area contributed by atoms with Crippen molar-refractivity contribution in [1.29, 1.82) is 0 Å². The van der Waals surface area contributed by atoms with Gasteiger partial charge >= 0.3 is 6.03 Å². The van der Waals surface area contributed by atoms with E-state index in [0.717, 1.165) is 9.87 Å². The summed E-state index contributed by atoms with van der Waals surface area (Å²) in [4.78, 5) is 24.9. The number of hydrogen-bond acceptors (Lipinski definition) is 4. The van der Waals surface area contributed by atoms with Crippen LogP contribution in [-0.2, 0) is 10.0 Å². The second-order valence-electron chi connectivity index (χ2n) is 7.57. The Morgan fingerprint density at radius 1 is 0.788 bits per heavy atom. The molecule has 0 spiro atoms. The Morgan fingerprint density at radius 2 is 1.33 bits per heavy atom. The minimum atomic E-state index is -3.50. The van der Waals surface area contributed by atoms with Crippen molar-refractivity contribution in [3.05, 3.63) is 90.0 Å². The van der Waals surface area contributed by atoms with Gasteiger partial charge in [-0.2, -0.15) is 0 Å². The van der Waals surface area contributed by atoms with E-state index in [1.54, 1.807) is 48.5 Å². The Kier molecular flexibility index (Phi) is 7.47. The third-order valence-corrected chi connectivity index (χ3v) is 6.77. The third kappa shape index (κ3) is 6.18. The number of anilines is 2. The molecule has 9 heteroatoms. The molecular weight excluding hydrogens is 440 g/mol. The van der Waals surface area contributed by atoms with Gasteiger partial charge in [-0.1, -0.05) is 30.3 Å². The molecule has 3 aromatic carbocycles. The molecular formula is C24H26N4O4S. The maximum atomic E-state index is 12.6. The van der Waals surface area contributed by atoms with Crippen LogP contribution in [0.3, 0.4) is 0 Å². The van der Waals surface area contributed by atoms with Crippen LogP contribution in [-0.4, -0.2) is 38.8 Å². The van der Waals surface area contributed by atoms with Gasteiger partial charge in [-0.25, -0.2) is 17.5 Å². The van der Waals surface area contributed by atoms with Crippen molar-refractivity contribution < 1.29 is 18.0 Å². The highest BCUT2D eigenvalue weighted by Crippen LogP contribution is 2.19. The van der Waals surface area contributed by atoms with Gasteiger partial charge in [-0.05, 0) is 61.0 Å². The van der Waals surface area contributed by atoms with E-state index in [1.165, 1.54) is 26.2 Å². The van der Waals surface area contributed by atoms with Crippen LogP contribution in [0.1, 0.15) is 28.9 Å². The highest BCUT2D eigenvalue weighted by molar-refractivity contribution is 7.89. The van der Waals surface area contributed by atoms with Crippen molar-refractivity contribution in [2.24, 2.45) is 0 Å². The number of carbonyl (C=O) groups is 2. The standard InChI is InChI=1S/C24H26N4O4S/c1-17(18-11-15-22(16-12-18)33(31,32)28(2)3)25-23(29)19-9-13-21(14-10-19)27-24(30)26-20-7-5-4-6-8-20/h4-17H,1-3H3,(H,25,29)(H2,26,27,30). The maximum absolute atomic E-state index is 12.6. The molecule has 0 saturated heterocycles. The van der Waals surface area contributed by atoms with E-state index in [0.29, 0.717) is 16.9 Å². The highest BCUT2D eigenvalue weighted by Gasteiger charge is 2.18. The van der Waals surface area contributed by atoms with Crippen LogP contribution in [0.2, 0.25) is 0 Å². The lowest BCUT2D eigenvalue weighted by atomic mass is 10.1. The molecule has 0 aliphatic heterocycles. The van der Waals surface area contributed by atoms with Crippen LogP contribution >= 0.6 is 0 Å². The molecule has 0 aromatic heterocycles. The second kappa shape index (κ2) is 10.3. The van der Waals surface area contributed by atoms with E-state index < -0.39 is 10.0 Å². The molecule has 3 aromatic rings. The molecule has 0 aliphatic rings. The van der Waals surface area contributed by atoms with Crippen LogP contribution in [0.4, 0.5) is 16.2 Å². The molecule has 172 valence electrons. The molecule has 0 bridgehead atoms. The lowest BCUT2D eigenvalue weighted by Gasteiger charge is -2.16. The van der Waals surface area contributed by atoms with Gasteiger partial charge in [0.1, 0.15) is 0 Å². The Morgan fingerprint density at radius 3 is 1.88 bits per heavy atom. The zero-order valence-corrected chi connectivity index (χ0v) is 19.4. The molecule has 1 atom stereocenters. The van der Waals surface area contributed by atoms with E-state index in [4.69, 9.17) is 0 Å². The van der Waals surface area contributed by atoms with Gasteiger partial charge in [0.25, 0.3) is 5.91 Å². The maximum Gasteiger partial charge on any atom is 0.323 e. The first-order valence-electron chi connectivity index (χ1n) is 10.2. The van der Waals surface area contributed by atoms with Crippen LogP contribution in [0.25, 0.3) is 0 Å². The number of benzene rings is 3. The quantitative estimate of drug-likeness (QED) is 0.488. The topological polar surface area (TPSA) is 108 Å². The minimum Gasteiger partial charge on any atom is -0.346 e. The number of urea groups is 1. The normalized spacial score (nSPS) is 12.1. The number of nitrogens with one attached hydrogen (secondary N) is 3. The second-order valence-corrected chi connectivity index (χ2v) is 9.73. The number of amides is 3. The first-order chi connectivity index (χ1) is 15.7. The van der Waals surface area contributed by atoms with Crippen LogP contribution in [0, 0.1) is 0 Å². The van der Waals surface area contributed by atoms with Crippen LogP contribution in [0.5, 0.6) is 0 Å². The number of sulfonamides is 1. The average Bonchev–Trinajstić information content (AvgIpc) is 2.80. The molecule has 33 heavy (non-hydrogen) atoms. The lowest BCUT2D eigenvalue weighted by Crippen LogP contribution is -2.27. The fourth-order valence-electron chi connectivity index (χ4n) is 3.02. The molecule has 0 heterocycles. The SMILES string of the molecule is CC(NC(=O)c1ccc(NC(=O)Nc2ccccc2)cc1)c1ccc(S(=O)(=O)N(C)C)cc1. The molecule has 3 N–H and O–H groups in total. The summed E-state index contributed by atoms with van der Waals surface area (Å²) in [5.74, 6) is -0.284. The summed E-state index contributed by atoms with van der Waals surface area (Å²) >= 11 is 0. The van der Waals surface area contributed by atoms with E-state index in [1.807, 2.05) is 25.1 Å². The van der Waals surface area contributed by atoms with Crippen LogP contribution in [0.15, 0.2) is 83.8 Å². The largest absolute Gasteiger partial charge is 0.346 e. The van der Waals surface area contributed by atoms with Crippen molar-refractivity contribution in [2.45, 2.75) is 17.9 Å². The summed E-state index contributed by atoms with van der Waals surface area (Å²) < 4.78 is 25.5. The summed E-state index contributed by atoms with van der Waals surface area (Å²) in [7, 11) is -0.555. The van der Waals surface area contributed by atoms with Gasteiger partial charge in [-0.15, -0.1) is 0 Å². The minimum absolute atomic E-state index is 0.189. The number of hydrogen-bond donors (Lipinski definition) is 3. The van der Waals surface area contributed by atoms with E-state index in [9.17, 15) is 18.0 Å². The zero-order valence-electron chi connectivity index (χ0n) is 18.6. The summed E-state index contributed by atoms with van der Waals surface area (Å²) in [6, 6.07) is 21.3. The predicted molar refractivity (Wildman–Crippen MR) is 129 cm³/mol. The van der Waals surface area contributed by atoms with Gasteiger partial charge in [0.2, 0.25) is 10.0 Å². The zero-order chi connectivity index (χ0) is 24.0. The average molecular weight is 467 g/mol. The molecule has 0 aliphatic carbocycles. The van der Waals surface area contributed by atoms with E-state index in [-0.39, 0.29) is 22.9 Å². The van der Waals surface area contributed by atoms with E-state index >= 15 is 0 Å². The molecule has 1 unspecified atom stereocenters. The molecule has 0 saturated carbocycles. The summed E-state index contributed by atoms with van der Waals surface area (Å²) in [6.07, 6.45) is 0. The fraction of sp³-hybridized carbons (Fsp3) is 0.167. The first-order valence-corrected chi connectivity index (χ1v) is 11.7. The summed E-state index contributed by atoms with van der Waals surface area (Å²) in [5, 5.41) is 8.32. The van der Waals surface area contributed by atoms with Crippen LogP contribution < -0.4 is 16.0 Å². The molecule has 8 nitrogen and oxygen atoms in total. The molecule has 3 rings (SSSR count). The predicted octanol–water partition coefficient (Wildman–Crippen LogP) is 4.07. The number of para-hydroxylation sites is 1. The van der Waals surface area contributed by atoms with Crippen molar-refractivity contribution in [3.63, 3.8) is 0 Å². The first kappa shape index (κ1) is 24.0. The van der Waals surface area contributed by atoms with Gasteiger partial charge in [-0.3, -0.25) is 4.79 Å². The highest BCUT2D eigenvalue weighted by atomic mass is 32.2. The lowest BCUT2D eigenvalue weighted by molar-refractivity contribution is 0.0940. The third-order valence-electron chi connectivity index (χ3n) is 4.94.